The standard InChI is InChI=1S/C35H35ClN10O5S/c1-20-5-3-6-24(36)32(20)43-33(49)27-16-38-34(52-27)41-28-15-29(40-21(2)39-28)46-18-25-26(46)17-44(25)13-4-12-37-31(48)19-51-23-9-7-22(8-10-23)45-14-11-30(47)42-35(45)50/h3,5-11,14-16,25-26H,4,12-13,17-19H2,1-2H3,(H,37,48)(H,43,49)(H,42,47,50)(H,38,39,40,41)/t25?,26-/m0/s1. The second-order valence-corrected chi connectivity index (χ2v) is 13.9. The van der Waals surface area contributed by atoms with Crippen molar-refractivity contribution in [2.24, 2.45) is 0 Å². The van der Waals surface area contributed by atoms with Crippen molar-refractivity contribution < 1.29 is 14.3 Å². The Kier molecular flexibility index (Phi) is 10.0. The van der Waals surface area contributed by atoms with Gasteiger partial charge in [-0.25, -0.2) is 19.7 Å². The molecule has 268 valence electrons. The number of hydrogen-bond donors (Lipinski definition) is 4. The molecule has 0 bridgehead atoms. The van der Waals surface area contributed by atoms with E-state index in [1.165, 1.54) is 34.4 Å². The number of rotatable bonds is 13. The number of aryl methyl sites for hydroxylation is 2. The van der Waals surface area contributed by atoms with Crippen LogP contribution in [0.25, 0.3) is 5.69 Å². The minimum Gasteiger partial charge on any atom is -0.484 e. The van der Waals surface area contributed by atoms with E-state index in [4.69, 9.17) is 16.3 Å². The number of H-pyrrole nitrogens is 1. The number of likely N-dealkylation sites (tertiary alicyclic amines) is 1. The minimum absolute atomic E-state index is 0.126. The number of carbonyl (C=O) groups is 2. The number of amides is 2. The molecular formula is C35H35ClN10O5S. The van der Waals surface area contributed by atoms with Crippen molar-refractivity contribution in [2.45, 2.75) is 32.4 Å². The Morgan fingerprint density at radius 1 is 1.06 bits per heavy atom. The van der Waals surface area contributed by atoms with Crippen molar-refractivity contribution >= 4 is 57.2 Å². The third kappa shape index (κ3) is 7.68. The van der Waals surface area contributed by atoms with Crippen LogP contribution in [0, 0.1) is 13.8 Å². The molecule has 0 saturated carbocycles. The maximum Gasteiger partial charge on any atom is 0.332 e. The average molecular weight is 743 g/mol. The fourth-order valence-corrected chi connectivity index (χ4v) is 7.16. The number of hydrogen-bond acceptors (Lipinski definition) is 12. The normalized spacial score (nSPS) is 16.3. The molecule has 2 aliphatic rings. The topological polar surface area (TPSA) is 179 Å². The largest absolute Gasteiger partial charge is 0.484 e. The van der Waals surface area contributed by atoms with Crippen LogP contribution in [0.3, 0.4) is 0 Å². The molecule has 2 atom stereocenters. The highest BCUT2D eigenvalue weighted by atomic mass is 35.5. The number of aromatic nitrogens is 5. The van der Waals surface area contributed by atoms with E-state index in [9.17, 15) is 19.2 Å². The molecule has 0 aliphatic carbocycles. The van der Waals surface area contributed by atoms with Gasteiger partial charge in [0.25, 0.3) is 17.4 Å². The first-order chi connectivity index (χ1) is 25.1. The number of fused-ring (bicyclic) bond motifs is 1. The summed E-state index contributed by atoms with van der Waals surface area (Å²) in [7, 11) is 0. The summed E-state index contributed by atoms with van der Waals surface area (Å²) in [6.07, 6.45) is 3.73. The number of ether oxygens (including phenoxy) is 1. The van der Waals surface area contributed by atoms with Gasteiger partial charge >= 0.3 is 5.69 Å². The van der Waals surface area contributed by atoms with Crippen LogP contribution in [0.5, 0.6) is 5.75 Å². The minimum atomic E-state index is -0.537. The number of thiazole rings is 1. The van der Waals surface area contributed by atoms with E-state index in [2.05, 4.69) is 45.7 Å². The lowest BCUT2D eigenvalue weighted by Gasteiger charge is -2.62. The van der Waals surface area contributed by atoms with Crippen molar-refractivity contribution in [1.82, 2.24) is 34.7 Å². The Labute approximate surface area is 306 Å². The highest BCUT2D eigenvalue weighted by Crippen LogP contribution is 2.37. The van der Waals surface area contributed by atoms with E-state index in [1.807, 2.05) is 32.0 Å². The number of carbonyl (C=O) groups excluding carboxylic acids is 2. The Hall–Kier alpha value is -5.58. The molecule has 5 aromatic rings. The van der Waals surface area contributed by atoms with E-state index in [1.54, 1.807) is 30.3 Å². The molecule has 5 heterocycles. The van der Waals surface area contributed by atoms with Gasteiger partial charge in [0.15, 0.2) is 11.7 Å². The fourth-order valence-electron chi connectivity index (χ4n) is 6.17. The van der Waals surface area contributed by atoms with Gasteiger partial charge in [0.2, 0.25) is 0 Å². The van der Waals surface area contributed by atoms with Crippen LogP contribution >= 0.6 is 22.9 Å². The molecule has 2 aromatic carbocycles. The second-order valence-electron chi connectivity index (χ2n) is 12.4. The van der Waals surface area contributed by atoms with Crippen LogP contribution in [0.2, 0.25) is 5.02 Å². The number of aromatic amines is 1. The first kappa shape index (κ1) is 34.9. The SMILES string of the molecule is Cc1nc(Nc2ncc(C(=O)Nc3c(C)cccc3Cl)s2)cc(N2CC3[C@@H]2CN3CCCNC(=O)COc2ccc(-n3ccc(=O)[nH]c3=O)cc2)n1. The monoisotopic (exact) mass is 742 g/mol. The average Bonchev–Trinajstić information content (AvgIpc) is 3.57. The number of nitrogens with one attached hydrogen (secondary N) is 4. The highest BCUT2D eigenvalue weighted by molar-refractivity contribution is 7.17. The summed E-state index contributed by atoms with van der Waals surface area (Å²) in [5.74, 6) is 2.05. The molecule has 0 spiro atoms. The zero-order valence-corrected chi connectivity index (χ0v) is 29.8. The van der Waals surface area contributed by atoms with Crippen LogP contribution in [-0.2, 0) is 4.79 Å². The number of anilines is 4. The van der Waals surface area contributed by atoms with Crippen LogP contribution < -0.4 is 36.8 Å². The van der Waals surface area contributed by atoms with Gasteiger partial charge in [-0.3, -0.25) is 28.8 Å². The third-order valence-electron chi connectivity index (χ3n) is 8.92. The van der Waals surface area contributed by atoms with Gasteiger partial charge in [0.05, 0.1) is 28.6 Å². The molecule has 17 heteroatoms. The molecule has 2 saturated heterocycles. The van der Waals surface area contributed by atoms with Crippen LogP contribution in [-0.4, -0.2) is 86.1 Å². The Bertz CT molecular complexity index is 2220. The number of halogens is 1. The molecule has 0 radical (unpaired) electrons. The first-order valence-electron chi connectivity index (χ1n) is 16.6. The summed E-state index contributed by atoms with van der Waals surface area (Å²) in [4.78, 5) is 69.4. The summed E-state index contributed by atoms with van der Waals surface area (Å²) < 4.78 is 6.89. The van der Waals surface area contributed by atoms with Crippen molar-refractivity contribution in [3.63, 3.8) is 0 Å². The van der Waals surface area contributed by atoms with Crippen molar-refractivity contribution in [1.29, 1.82) is 0 Å². The quantitative estimate of drug-likeness (QED) is 0.130. The molecule has 2 aliphatic heterocycles. The molecule has 15 nitrogen and oxygen atoms in total. The van der Waals surface area contributed by atoms with Gasteiger partial charge in [-0.2, -0.15) is 0 Å². The maximum atomic E-state index is 12.9. The highest BCUT2D eigenvalue weighted by Gasteiger charge is 2.51. The molecule has 1 unspecified atom stereocenters. The summed E-state index contributed by atoms with van der Waals surface area (Å²) in [6, 6.07) is 16.1. The van der Waals surface area contributed by atoms with E-state index in [0.29, 0.717) is 62.4 Å². The molecule has 3 aromatic heterocycles. The van der Waals surface area contributed by atoms with Crippen LogP contribution in [0.15, 0.2) is 76.6 Å². The predicted molar refractivity (Wildman–Crippen MR) is 199 cm³/mol. The van der Waals surface area contributed by atoms with E-state index >= 15 is 0 Å². The molecule has 2 amide bonds. The van der Waals surface area contributed by atoms with Gasteiger partial charge in [-0.15, -0.1) is 0 Å². The van der Waals surface area contributed by atoms with Gasteiger partial charge in [0, 0.05) is 50.6 Å². The van der Waals surface area contributed by atoms with Crippen molar-refractivity contribution in [3.05, 3.63) is 109 Å². The van der Waals surface area contributed by atoms with Gasteiger partial charge in [-0.05, 0) is 56.2 Å². The predicted octanol–water partition coefficient (Wildman–Crippen LogP) is 3.50. The number of benzene rings is 2. The number of para-hydroxylation sites is 1. The Morgan fingerprint density at radius 2 is 1.88 bits per heavy atom. The molecular weight excluding hydrogens is 708 g/mol. The molecule has 2 fully saturated rings. The zero-order chi connectivity index (χ0) is 36.4. The van der Waals surface area contributed by atoms with Gasteiger partial charge < -0.3 is 25.6 Å². The number of nitrogens with zero attached hydrogens (tertiary/aromatic N) is 6. The van der Waals surface area contributed by atoms with Crippen molar-refractivity contribution in [3.8, 4) is 11.4 Å². The number of piperazine rings is 1. The van der Waals surface area contributed by atoms with E-state index in [-0.39, 0.29) is 18.4 Å². The smallest absolute Gasteiger partial charge is 0.332 e. The maximum absolute atomic E-state index is 12.9. The Balaban J connectivity index is 0.826. The second kappa shape index (κ2) is 15.0. The zero-order valence-electron chi connectivity index (χ0n) is 28.3. The third-order valence-corrected chi connectivity index (χ3v) is 10.1. The first-order valence-corrected chi connectivity index (χ1v) is 17.8. The summed E-state index contributed by atoms with van der Waals surface area (Å²) >= 11 is 7.50. The van der Waals surface area contributed by atoms with E-state index in [0.717, 1.165) is 37.4 Å². The lowest BCUT2D eigenvalue weighted by Crippen LogP contribution is -2.79. The summed E-state index contributed by atoms with van der Waals surface area (Å²) in [5, 5.41) is 10.0. The van der Waals surface area contributed by atoms with Gasteiger partial charge in [0.1, 0.15) is 28.1 Å². The van der Waals surface area contributed by atoms with Crippen LogP contribution in [0.4, 0.5) is 22.5 Å². The Morgan fingerprint density at radius 3 is 2.63 bits per heavy atom. The molecule has 4 N–H and O–H groups in total. The lowest BCUT2D eigenvalue weighted by molar-refractivity contribution is -0.123. The molecule has 52 heavy (non-hydrogen) atoms. The summed E-state index contributed by atoms with van der Waals surface area (Å²) in [5.41, 5.74) is 1.01. The van der Waals surface area contributed by atoms with Crippen molar-refractivity contribution in [2.75, 3.05) is 48.3 Å². The lowest BCUT2D eigenvalue weighted by atomic mass is 9.85. The van der Waals surface area contributed by atoms with Crippen LogP contribution in [0.1, 0.15) is 27.5 Å². The summed E-state index contributed by atoms with van der Waals surface area (Å²) in [6.45, 7) is 6.76. The van der Waals surface area contributed by atoms with Gasteiger partial charge in [-0.1, -0.05) is 35.1 Å². The fraction of sp³-hybridized carbons (Fsp3) is 0.286. The molecule has 7 rings (SSSR count). The van der Waals surface area contributed by atoms with E-state index < -0.39 is 11.2 Å².